The summed E-state index contributed by atoms with van der Waals surface area (Å²) in [5.74, 6) is -4.15. The number of carbonyl (C=O) groups is 2. The van der Waals surface area contributed by atoms with Gasteiger partial charge in [0.1, 0.15) is 12.1 Å². The quantitative estimate of drug-likeness (QED) is 0.165. The van der Waals surface area contributed by atoms with Crippen LogP contribution >= 0.6 is 0 Å². The molecule has 0 bridgehead atoms. The molecule has 3 aliphatic heterocycles. The number of ether oxygens (including phenoxy) is 4. The standard InChI is InChI=1S/C28H34N2O11/c1-3-12-14(8-19-21-15(9-20(29-19)24(34)35)13-6-4-5-7-18(13)30-21)17(25(36)38-2)11-39-27(12)41-28-16(10-31)22(32)23(33)26(37)40-28/h3-7,11-12,14,16,19-20,22-23,26-33,37H,1,8-10H2,2H3,(H,34,35). The first-order chi connectivity index (χ1) is 19.7. The molecule has 0 radical (unpaired) electrons. The summed E-state index contributed by atoms with van der Waals surface area (Å²) in [4.78, 5) is 28.3. The number of hydrogen-bond donors (Lipinski definition) is 7. The fraction of sp³-hybridized carbons (Fsp3) is 0.500. The third-order valence-corrected chi connectivity index (χ3v) is 8.18. The normalized spacial score (nSPS) is 35.2. The number of benzene rings is 1. The van der Waals surface area contributed by atoms with Crippen molar-refractivity contribution in [2.75, 3.05) is 13.7 Å². The highest BCUT2D eigenvalue weighted by Crippen LogP contribution is 2.43. The zero-order valence-electron chi connectivity index (χ0n) is 22.3. The molecule has 5 rings (SSSR count). The molecule has 222 valence electrons. The maximum atomic E-state index is 12.8. The van der Waals surface area contributed by atoms with Crippen LogP contribution in [0.4, 0.5) is 0 Å². The Balaban J connectivity index is 1.48. The molecular formula is C28H34N2O11. The number of carboxylic acids is 1. The highest BCUT2D eigenvalue weighted by molar-refractivity contribution is 5.89. The Morgan fingerprint density at radius 3 is 2.61 bits per heavy atom. The van der Waals surface area contributed by atoms with Crippen LogP contribution in [0.3, 0.4) is 0 Å². The zero-order chi connectivity index (χ0) is 29.4. The molecule has 0 amide bonds. The van der Waals surface area contributed by atoms with Crippen molar-refractivity contribution in [3.8, 4) is 0 Å². The van der Waals surface area contributed by atoms with Gasteiger partial charge in [-0.25, -0.2) is 4.79 Å². The molecule has 0 spiro atoms. The van der Waals surface area contributed by atoms with Crippen molar-refractivity contribution in [3.63, 3.8) is 0 Å². The van der Waals surface area contributed by atoms with Gasteiger partial charge in [-0.2, -0.15) is 0 Å². The highest BCUT2D eigenvalue weighted by atomic mass is 16.8. The predicted molar refractivity (Wildman–Crippen MR) is 141 cm³/mol. The molecule has 2 aromatic rings. The number of esters is 1. The summed E-state index contributed by atoms with van der Waals surface area (Å²) in [5, 5.41) is 54.2. The van der Waals surface area contributed by atoms with Crippen molar-refractivity contribution >= 4 is 22.8 Å². The molecule has 1 saturated heterocycles. The Morgan fingerprint density at radius 2 is 1.93 bits per heavy atom. The summed E-state index contributed by atoms with van der Waals surface area (Å²) in [6.45, 7) is 3.28. The largest absolute Gasteiger partial charge is 0.480 e. The average molecular weight is 575 g/mol. The minimum absolute atomic E-state index is 0.174. The molecule has 1 fully saturated rings. The van der Waals surface area contributed by atoms with E-state index in [4.69, 9.17) is 18.9 Å². The molecule has 7 N–H and O–H groups in total. The second-order valence-electron chi connectivity index (χ2n) is 10.5. The van der Waals surface area contributed by atoms with Crippen LogP contribution in [0, 0.1) is 17.8 Å². The van der Waals surface area contributed by atoms with Crippen LogP contribution in [-0.2, 0) is 35.0 Å². The maximum absolute atomic E-state index is 12.8. The number of fused-ring (bicyclic) bond motifs is 3. The van der Waals surface area contributed by atoms with Gasteiger partial charge >= 0.3 is 11.9 Å². The number of aliphatic hydroxyl groups excluding tert-OH is 4. The van der Waals surface area contributed by atoms with Gasteiger partial charge in [0.05, 0.1) is 37.6 Å². The van der Waals surface area contributed by atoms with E-state index in [2.05, 4.69) is 16.9 Å². The third-order valence-electron chi connectivity index (χ3n) is 8.18. The highest BCUT2D eigenvalue weighted by Gasteiger charge is 2.48. The lowest BCUT2D eigenvalue weighted by Gasteiger charge is -2.43. The van der Waals surface area contributed by atoms with Gasteiger partial charge < -0.3 is 49.5 Å². The fourth-order valence-electron chi connectivity index (χ4n) is 6.00. The molecule has 0 saturated carbocycles. The predicted octanol–water partition coefficient (Wildman–Crippen LogP) is 0.0512. The second kappa shape index (κ2) is 11.9. The van der Waals surface area contributed by atoms with E-state index in [1.807, 2.05) is 24.3 Å². The molecule has 3 aliphatic rings. The van der Waals surface area contributed by atoms with Crippen molar-refractivity contribution in [1.82, 2.24) is 10.3 Å². The number of para-hydroxylation sites is 1. The average Bonchev–Trinajstić information content (AvgIpc) is 3.35. The maximum Gasteiger partial charge on any atom is 0.337 e. The second-order valence-corrected chi connectivity index (χ2v) is 10.5. The molecule has 10 atom stereocenters. The van der Waals surface area contributed by atoms with Crippen LogP contribution in [0.15, 0.2) is 48.8 Å². The first-order valence-corrected chi connectivity index (χ1v) is 13.3. The van der Waals surface area contributed by atoms with Crippen molar-refractivity contribution in [2.45, 2.75) is 56.0 Å². The summed E-state index contributed by atoms with van der Waals surface area (Å²) < 4.78 is 22.0. The number of aromatic nitrogens is 1. The summed E-state index contributed by atoms with van der Waals surface area (Å²) in [6, 6.07) is 6.20. The van der Waals surface area contributed by atoms with Gasteiger partial charge in [0, 0.05) is 40.9 Å². The number of hydrogen-bond acceptors (Lipinski definition) is 11. The first-order valence-electron chi connectivity index (χ1n) is 13.3. The molecule has 10 unspecified atom stereocenters. The number of H-pyrrole nitrogens is 1. The Kier molecular flexibility index (Phi) is 8.47. The van der Waals surface area contributed by atoms with Gasteiger partial charge in [-0.1, -0.05) is 24.3 Å². The third kappa shape index (κ3) is 5.37. The first kappa shape index (κ1) is 29.2. The molecule has 1 aromatic heterocycles. The van der Waals surface area contributed by atoms with Gasteiger partial charge in [0.15, 0.2) is 12.6 Å². The summed E-state index contributed by atoms with van der Waals surface area (Å²) in [7, 11) is 1.23. The number of aromatic amines is 1. The summed E-state index contributed by atoms with van der Waals surface area (Å²) in [6.07, 6.45) is -4.30. The van der Waals surface area contributed by atoms with E-state index >= 15 is 0 Å². The Hall–Kier alpha value is -3.30. The van der Waals surface area contributed by atoms with E-state index in [0.29, 0.717) is 0 Å². The lowest BCUT2D eigenvalue weighted by atomic mass is 9.77. The topological polar surface area (TPSA) is 200 Å². The van der Waals surface area contributed by atoms with Crippen LogP contribution in [0.2, 0.25) is 0 Å². The fourth-order valence-corrected chi connectivity index (χ4v) is 6.00. The van der Waals surface area contributed by atoms with Crippen molar-refractivity contribution in [1.29, 1.82) is 0 Å². The molecule has 4 heterocycles. The summed E-state index contributed by atoms with van der Waals surface area (Å²) in [5.41, 5.74) is 2.71. The smallest absolute Gasteiger partial charge is 0.337 e. The van der Waals surface area contributed by atoms with Crippen LogP contribution in [-0.4, -0.2) is 93.3 Å². The molecule has 41 heavy (non-hydrogen) atoms. The van der Waals surface area contributed by atoms with Crippen LogP contribution < -0.4 is 5.32 Å². The van der Waals surface area contributed by atoms with Gasteiger partial charge in [0.2, 0.25) is 6.29 Å². The Morgan fingerprint density at radius 1 is 1.17 bits per heavy atom. The van der Waals surface area contributed by atoms with E-state index in [1.165, 1.54) is 19.4 Å². The Labute approximate surface area is 235 Å². The number of methoxy groups -OCH3 is 1. The van der Waals surface area contributed by atoms with Crippen LogP contribution in [0.25, 0.3) is 10.9 Å². The number of aliphatic carboxylic acids is 1. The van der Waals surface area contributed by atoms with Gasteiger partial charge in [0.25, 0.3) is 0 Å². The van der Waals surface area contributed by atoms with Crippen LogP contribution in [0.1, 0.15) is 23.7 Å². The molecule has 13 heteroatoms. The van der Waals surface area contributed by atoms with E-state index < -0.39 is 79.5 Å². The van der Waals surface area contributed by atoms with E-state index in [-0.39, 0.29) is 18.4 Å². The van der Waals surface area contributed by atoms with Gasteiger partial charge in [-0.3, -0.25) is 10.1 Å². The van der Waals surface area contributed by atoms with E-state index in [1.54, 1.807) is 0 Å². The number of nitrogens with one attached hydrogen (secondary N) is 2. The lowest BCUT2D eigenvalue weighted by Crippen LogP contribution is -2.57. The van der Waals surface area contributed by atoms with Gasteiger partial charge in [-0.15, -0.1) is 6.58 Å². The monoisotopic (exact) mass is 574 g/mol. The lowest BCUT2D eigenvalue weighted by molar-refractivity contribution is -0.361. The number of carbonyl (C=O) groups excluding carboxylic acids is 1. The van der Waals surface area contributed by atoms with Crippen molar-refractivity contribution in [3.05, 3.63) is 60.0 Å². The SMILES string of the molecule is C=CC1C(OC2OC(O)C(O)C(O)C2CO)OC=C(C(=O)OC)C1CC1NC(C(=O)O)Cc2c1[nH]c1ccccc21. The van der Waals surface area contributed by atoms with Gasteiger partial charge in [-0.05, 0) is 18.1 Å². The Bertz CT molecular complexity index is 1330. The minimum atomic E-state index is -1.78. The molecule has 0 aliphatic carbocycles. The molecule has 13 nitrogen and oxygen atoms in total. The zero-order valence-corrected chi connectivity index (χ0v) is 22.3. The molecular weight excluding hydrogens is 540 g/mol. The van der Waals surface area contributed by atoms with Crippen molar-refractivity contribution < 1.29 is 54.1 Å². The van der Waals surface area contributed by atoms with Crippen LogP contribution in [0.5, 0.6) is 0 Å². The number of aliphatic hydroxyl groups is 4. The number of carboxylic acid groups (broad SMARTS) is 1. The van der Waals surface area contributed by atoms with Crippen molar-refractivity contribution in [2.24, 2.45) is 17.8 Å². The van der Waals surface area contributed by atoms with E-state index in [0.717, 1.165) is 22.2 Å². The molecule has 1 aromatic carbocycles. The number of rotatable bonds is 8. The summed E-state index contributed by atoms with van der Waals surface area (Å²) >= 11 is 0. The van der Waals surface area contributed by atoms with E-state index in [9.17, 15) is 35.1 Å². The minimum Gasteiger partial charge on any atom is -0.480 e.